The number of nitrogens with zero attached hydrogens (tertiary/aromatic N) is 6. The molecule has 300 valence electrons. The summed E-state index contributed by atoms with van der Waals surface area (Å²) in [6.07, 6.45) is 4.73. The molecule has 0 fully saturated rings. The smallest absolute Gasteiger partial charge is 0.141 e. The first-order chi connectivity index (χ1) is 26.7. The Kier molecular flexibility index (Phi) is 13.8. The molecule has 0 aliphatic carbocycles. The number of benzene rings is 4. The van der Waals surface area contributed by atoms with Gasteiger partial charge < -0.3 is 30.6 Å². The van der Waals surface area contributed by atoms with Crippen LogP contribution in [0.25, 0.3) is 0 Å². The van der Waals surface area contributed by atoms with E-state index < -0.39 is 33.9 Å². The third kappa shape index (κ3) is 11.6. The monoisotopic (exact) mass is 774 g/mol. The van der Waals surface area contributed by atoms with E-state index in [1.807, 2.05) is 41.5 Å². The highest BCUT2D eigenvalue weighted by molar-refractivity contribution is 6.16. The molecule has 0 spiro atoms. The molecule has 4 aromatic carbocycles. The molecular weight excluding hydrogens is 721 g/mol. The fourth-order valence-electron chi connectivity index (χ4n) is 5.56. The lowest BCUT2D eigenvalue weighted by molar-refractivity contribution is 0.423. The Hall–Kier alpha value is -6.30. The first-order valence-electron chi connectivity index (χ1n) is 18.6. The number of aliphatic imine (C=N–C) groups is 6. The summed E-state index contributed by atoms with van der Waals surface area (Å²) in [4.78, 5) is 28.1. The van der Waals surface area contributed by atoms with Crippen LogP contribution in [-0.2, 0) is 0 Å². The average molecular weight is 775 g/mol. The summed E-state index contributed by atoms with van der Waals surface area (Å²) in [7, 11) is 0. The van der Waals surface area contributed by atoms with Crippen LogP contribution < -0.4 is 0 Å². The van der Waals surface area contributed by atoms with Gasteiger partial charge in [-0.25, -0.2) is 0 Å². The van der Waals surface area contributed by atoms with Gasteiger partial charge in [0.15, 0.2) is 0 Å². The normalized spacial score (nSPS) is 13.7. The zero-order valence-corrected chi connectivity index (χ0v) is 34.1. The summed E-state index contributed by atoms with van der Waals surface area (Å²) in [5.41, 5.74) is 0.265. The fraction of sp³-hybridized carbons (Fsp3) is 0.333. The average Bonchev–Trinajstić information content (AvgIpc) is 3.15. The summed E-state index contributed by atoms with van der Waals surface area (Å²) >= 11 is 0. The second-order valence-electron chi connectivity index (χ2n) is 15.8. The van der Waals surface area contributed by atoms with E-state index in [2.05, 4.69) is 15.0 Å². The molecule has 0 saturated carbocycles. The molecule has 57 heavy (non-hydrogen) atoms. The first kappa shape index (κ1) is 43.4. The molecule has 0 heterocycles. The topological polar surface area (TPSA) is 196 Å². The third-order valence-corrected chi connectivity index (χ3v) is 9.09. The quantitative estimate of drug-likeness (QED) is 0.0661. The van der Waals surface area contributed by atoms with Crippen molar-refractivity contribution >= 4 is 35.8 Å². The van der Waals surface area contributed by atoms with Gasteiger partial charge in [0.05, 0.1) is 52.9 Å². The number of phenolic OH excluding ortho intramolecular Hbond substituents is 6. The van der Waals surface area contributed by atoms with Crippen molar-refractivity contribution < 1.29 is 30.6 Å². The molecular formula is C45H54N6O6. The minimum absolute atomic E-state index is 0.00366. The van der Waals surface area contributed by atoms with E-state index in [1.54, 1.807) is 112 Å². The van der Waals surface area contributed by atoms with Crippen LogP contribution in [0, 0.1) is 0 Å². The maximum atomic E-state index is 11.8. The molecule has 0 amide bonds. The van der Waals surface area contributed by atoms with Crippen LogP contribution in [-0.4, -0.2) is 103 Å². The van der Waals surface area contributed by atoms with Crippen molar-refractivity contribution in [1.29, 1.82) is 0 Å². The summed E-state index contributed by atoms with van der Waals surface area (Å²) < 4.78 is 0. The molecule has 0 aliphatic rings. The molecule has 4 rings (SSSR count). The summed E-state index contributed by atoms with van der Waals surface area (Å²) in [6, 6.07) is 20.5. The van der Waals surface area contributed by atoms with Crippen LogP contribution in [0.2, 0.25) is 0 Å². The highest BCUT2D eigenvalue weighted by atomic mass is 16.3. The molecule has 0 aromatic heterocycles. The standard InChI is InChI=1S/C45H54N6O6/c1-28(46-25-43(4,5)49-22-31-16-10-13-19-34(31)52)37-40(55)38(29(2)47-26-44(6,7)50-23-32-17-11-14-20-35(32)53)42(57)39(41(37)56)30(3)48-27-45(8,9)51-24-33-18-12-15-21-36(33)54/h10-24,52-57H,25-27H2,1-9H3. The zero-order chi connectivity index (χ0) is 42.1. The lowest BCUT2D eigenvalue weighted by atomic mass is 9.93. The Labute approximate surface area is 334 Å². The first-order valence-corrected chi connectivity index (χ1v) is 18.6. The van der Waals surface area contributed by atoms with Gasteiger partial charge >= 0.3 is 0 Å². The molecule has 12 heteroatoms. The van der Waals surface area contributed by atoms with Crippen molar-refractivity contribution in [3.05, 3.63) is 106 Å². The maximum absolute atomic E-state index is 11.8. The Morgan fingerprint density at radius 1 is 0.421 bits per heavy atom. The SMILES string of the molecule is CC(=NCC(C)(C)N=Cc1ccccc1O)c1c(O)c(C(C)=NCC(C)(C)N=Cc2ccccc2O)c(O)c(C(C)=NCC(C)(C)N=Cc2ccccc2O)c1O. The lowest BCUT2D eigenvalue weighted by Gasteiger charge is -2.22. The van der Waals surface area contributed by atoms with Crippen molar-refractivity contribution in [3.63, 3.8) is 0 Å². The van der Waals surface area contributed by atoms with Crippen LogP contribution in [0.15, 0.2) is 103 Å². The van der Waals surface area contributed by atoms with Crippen molar-refractivity contribution in [3.8, 4) is 34.5 Å². The summed E-state index contributed by atoms with van der Waals surface area (Å²) in [6.45, 7) is 16.6. The van der Waals surface area contributed by atoms with E-state index >= 15 is 0 Å². The molecule has 12 nitrogen and oxygen atoms in total. The van der Waals surface area contributed by atoms with Crippen molar-refractivity contribution in [2.45, 2.75) is 78.9 Å². The third-order valence-electron chi connectivity index (χ3n) is 9.09. The van der Waals surface area contributed by atoms with Crippen LogP contribution in [0.4, 0.5) is 0 Å². The van der Waals surface area contributed by atoms with Gasteiger partial charge in [0.2, 0.25) is 0 Å². The van der Waals surface area contributed by atoms with E-state index in [9.17, 15) is 30.6 Å². The number of para-hydroxylation sites is 3. The van der Waals surface area contributed by atoms with Gasteiger partial charge in [-0.3, -0.25) is 30.0 Å². The minimum Gasteiger partial charge on any atom is -0.507 e. The van der Waals surface area contributed by atoms with Crippen molar-refractivity contribution in [2.24, 2.45) is 30.0 Å². The lowest BCUT2D eigenvalue weighted by Crippen LogP contribution is -2.23. The Balaban J connectivity index is 1.76. The number of rotatable bonds is 15. The Bertz CT molecular complexity index is 1990. The van der Waals surface area contributed by atoms with Crippen molar-refractivity contribution in [2.75, 3.05) is 19.6 Å². The van der Waals surface area contributed by atoms with Gasteiger partial charge in [0.1, 0.15) is 34.5 Å². The largest absolute Gasteiger partial charge is 0.507 e. The van der Waals surface area contributed by atoms with Gasteiger partial charge in [0.25, 0.3) is 0 Å². The van der Waals surface area contributed by atoms with Crippen LogP contribution in [0.3, 0.4) is 0 Å². The van der Waals surface area contributed by atoms with Crippen molar-refractivity contribution in [1.82, 2.24) is 0 Å². The second kappa shape index (κ2) is 18.1. The number of phenols is 6. The van der Waals surface area contributed by atoms with Crippen LogP contribution >= 0.6 is 0 Å². The second-order valence-corrected chi connectivity index (χ2v) is 15.8. The Morgan fingerprint density at radius 3 is 0.877 bits per heavy atom. The molecule has 0 radical (unpaired) electrons. The van der Waals surface area contributed by atoms with Gasteiger partial charge in [-0.1, -0.05) is 36.4 Å². The van der Waals surface area contributed by atoms with Crippen LogP contribution in [0.1, 0.15) is 95.7 Å². The van der Waals surface area contributed by atoms with E-state index in [0.29, 0.717) is 16.7 Å². The summed E-state index contributed by atoms with van der Waals surface area (Å²) in [5.74, 6) is -0.948. The predicted octanol–water partition coefficient (Wildman–Crippen LogP) is 8.04. The molecule has 4 aromatic rings. The molecule has 0 unspecified atom stereocenters. The highest BCUT2D eigenvalue weighted by Gasteiger charge is 2.29. The predicted molar refractivity (Wildman–Crippen MR) is 232 cm³/mol. The number of aromatic hydroxyl groups is 6. The molecule has 0 aliphatic heterocycles. The molecule has 0 saturated heterocycles. The van der Waals surface area contributed by atoms with Gasteiger partial charge in [-0.05, 0) is 98.7 Å². The van der Waals surface area contributed by atoms with Crippen LogP contribution in [0.5, 0.6) is 34.5 Å². The van der Waals surface area contributed by atoms with Gasteiger partial charge in [-0.15, -0.1) is 0 Å². The van der Waals surface area contributed by atoms with E-state index in [1.165, 1.54) is 0 Å². The zero-order valence-electron chi connectivity index (χ0n) is 34.1. The summed E-state index contributed by atoms with van der Waals surface area (Å²) in [5, 5.41) is 66.0. The van der Waals surface area contributed by atoms with Gasteiger partial charge in [-0.2, -0.15) is 0 Å². The highest BCUT2D eigenvalue weighted by Crippen LogP contribution is 2.43. The fourth-order valence-corrected chi connectivity index (χ4v) is 5.56. The molecule has 0 bridgehead atoms. The number of hydrogen-bond donors (Lipinski definition) is 6. The minimum atomic E-state index is -0.739. The molecule has 6 N–H and O–H groups in total. The van der Waals surface area contributed by atoms with E-state index in [-0.39, 0.29) is 70.7 Å². The Morgan fingerprint density at radius 2 is 0.649 bits per heavy atom. The number of hydrogen-bond acceptors (Lipinski definition) is 12. The maximum Gasteiger partial charge on any atom is 0.141 e. The van der Waals surface area contributed by atoms with E-state index in [4.69, 9.17) is 15.0 Å². The van der Waals surface area contributed by atoms with Gasteiger partial charge in [0, 0.05) is 52.5 Å². The van der Waals surface area contributed by atoms with E-state index in [0.717, 1.165) is 0 Å². The molecule has 0 atom stereocenters.